The Labute approximate surface area is 117 Å². The molecule has 2 aliphatic rings. The van der Waals surface area contributed by atoms with Gasteiger partial charge < -0.3 is 10.1 Å². The summed E-state index contributed by atoms with van der Waals surface area (Å²) in [6, 6.07) is 4.15. The van der Waals surface area contributed by atoms with Gasteiger partial charge in [0, 0.05) is 24.6 Å². The van der Waals surface area contributed by atoms with Crippen LogP contribution in [0.15, 0.2) is 18.3 Å². The summed E-state index contributed by atoms with van der Waals surface area (Å²) in [6.07, 6.45) is 5.03. The molecule has 1 N–H and O–H groups in total. The second kappa shape index (κ2) is 5.27. The molecule has 3 heterocycles. The number of anilines is 1. The average Bonchev–Trinajstić information content (AvgIpc) is 2.80. The summed E-state index contributed by atoms with van der Waals surface area (Å²) >= 11 is 8.13. The molecule has 5 heteroatoms. The largest absolute Gasteiger partial charge is 0.374 e. The molecule has 1 aromatic heterocycles. The van der Waals surface area contributed by atoms with Crippen molar-refractivity contribution in [2.24, 2.45) is 0 Å². The molecule has 0 radical (unpaired) electrons. The molecule has 2 unspecified atom stereocenters. The van der Waals surface area contributed by atoms with E-state index >= 15 is 0 Å². The first kappa shape index (κ1) is 12.6. The van der Waals surface area contributed by atoms with Crippen molar-refractivity contribution in [2.75, 3.05) is 23.4 Å². The van der Waals surface area contributed by atoms with E-state index in [1.54, 1.807) is 6.20 Å². The number of hydrogen-bond acceptors (Lipinski definition) is 4. The van der Waals surface area contributed by atoms with Crippen molar-refractivity contribution < 1.29 is 4.74 Å². The lowest BCUT2D eigenvalue weighted by molar-refractivity contribution is -0.0628. The van der Waals surface area contributed by atoms with Crippen molar-refractivity contribution in [2.45, 2.75) is 30.9 Å². The van der Waals surface area contributed by atoms with Gasteiger partial charge in [0.25, 0.3) is 0 Å². The van der Waals surface area contributed by atoms with Crippen LogP contribution in [0.5, 0.6) is 0 Å². The molecule has 2 atom stereocenters. The van der Waals surface area contributed by atoms with Gasteiger partial charge in [0.15, 0.2) is 0 Å². The Morgan fingerprint density at radius 3 is 3.28 bits per heavy atom. The Hall–Kier alpha value is -0.450. The highest BCUT2D eigenvalue weighted by atomic mass is 35.5. The van der Waals surface area contributed by atoms with E-state index in [0.29, 0.717) is 11.1 Å². The first-order chi connectivity index (χ1) is 8.77. The first-order valence-corrected chi connectivity index (χ1v) is 7.89. The molecule has 18 heavy (non-hydrogen) atoms. The van der Waals surface area contributed by atoms with E-state index in [2.05, 4.69) is 10.3 Å². The summed E-state index contributed by atoms with van der Waals surface area (Å²) in [5.41, 5.74) is 0.0990. The van der Waals surface area contributed by atoms with Gasteiger partial charge in [-0.3, -0.25) is 0 Å². The minimum absolute atomic E-state index is 0.0990. The summed E-state index contributed by atoms with van der Waals surface area (Å²) in [5.74, 6) is 3.14. The number of aromatic nitrogens is 1. The van der Waals surface area contributed by atoms with Crippen LogP contribution in [0.25, 0.3) is 0 Å². The molecule has 2 fully saturated rings. The fraction of sp³-hybridized carbons (Fsp3) is 0.615. The van der Waals surface area contributed by atoms with Gasteiger partial charge in [-0.2, -0.15) is 11.8 Å². The predicted molar refractivity (Wildman–Crippen MR) is 76.5 cm³/mol. The molecule has 2 aliphatic heterocycles. The van der Waals surface area contributed by atoms with Crippen LogP contribution in [-0.4, -0.2) is 34.7 Å². The van der Waals surface area contributed by atoms with Crippen LogP contribution in [0.1, 0.15) is 19.3 Å². The van der Waals surface area contributed by atoms with Gasteiger partial charge >= 0.3 is 0 Å². The zero-order chi connectivity index (χ0) is 12.4. The molecule has 0 aromatic carbocycles. The molecule has 3 nitrogen and oxygen atoms in total. The zero-order valence-corrected chi connectivity index (χ0v) is 11.8. The highest BCUT2D eigenvalue weighted by molar-refractivity contribution is 7.99. The summed E-state index contributed by atoms with van der Waals surface area (Å²) in [7, 11) is 0. The summed E-state index contributed by atoms with van der Waals surface area (Å²) in [6.45, 7) is 0.836. The normalized spacial score (nSPS) is 31.7. The van der Waals surface area contributed by atoms with E-state index in [4.69, 9.17) is 16.3 Å². The molecular weight excluding hydrogens is 268 g/mol. The van der Waals surface area contributed by atoms with E-state index in [-0.39, 0.29) is 5.60 Å². The second-order valence-corrected chi connectivity index (χ2v) is 6.51. The van der Waals surface area contributed by atoms with Crippen molar-refractivity contribution in [1.82, 2.24) is 4.98 Å². The molecule has 98 valence electrons. The second-order valence-electron chi connectivity index (χ2n) is 5.00. The minimum Gasteiger partial charge on any atom is -0.374 e. The van der Waals surface area contributed by atoms with Crippen LogP contribution in [0.4, 0.5) is 5.82 Å². The Morgan fingerprint density at radius 2 is 2.50 bits per heavy atom. The van der Waals surface area contributed by atoms with E-state index in [9.17, 15) is 0 Å². The molecule has 1 aromatic rings. The van der Waals surface area contributed by atoms with Gasteiger partial charge in [-0.25, -0.2) is 4.98 Å². The SMILES string of the molecule is Clc1cccnc1NC1CCOC2(CCSC2)C1. The fourth-order valence-electron chi connectivity index (χ4n) is 2.70. The summed E-state index contributed by atoms with van der Waals surface area (Å²) in [4.78, 5) is 4.30. The highest BCUT2D eigenvalue weighted by Crippen LogP contribution is 2.39. The lowest BCUT2D eigenvalue weighted by Gasteiger charge is -2.38. The van der Waals surface area contributed by atoms with Gasteiger partial charge in [0.05, 0.1) is 10.6 Å². The van der Waals surface area contributed by atoms with Crippen molar-refractivity contribution in [3.8, 4) is 0 Å². The van der Waals surface area contributed by atoms with E-state index in [1.807, 2.05) is 23.9 Å². The van der Waals surface area contributed by atoms with Crippen LogP contribution in [-0.2, 0) is 4.74 Å². The van der Waals surface area contributed by atoms with Crippen molar-refractivity contribution in [1.29, 1.82) is 0 Å². The van der Waals surface area contributed by atoms with Crippen LogP contribution < -0.4 is 5.32 Å². The fourth-order valence-corrected chi connectivity index (χ4v) is 4.25. The van der Waals surface area contributed by atoms with E-state index in [1.165, 1.54) is 12.2 Å². The van der Waals surface area contributed by atoms with Gasteiger partial charge in [0.1, 0.15) is 5.82 Å². The number of nitrogens with zero attached hydrogens (tertiary/aromatic N) is 1. The van der Waals surface area contributed by atoms with Gasteiger partial charge in [-0.05, 0) is 37.1 Å². The molecule has 0 amide bonds. The van der Waals surface area contributed by atoms with Crippen molar-refractivity contribution >= 4 is 29.2 Å². The topological polar surface area (TPSA) is 34.2 Å². The number of rotatable bonds is 2. The lowest BCUT2D eigenvalue weighted by atomic mass is 9.90. The number of hydrogen-bond donors (Lipinski definition) is 1. The third-order valence-electron chi connectivity index (χ3n) is 3.66. The third-order valence-corrected chi connectivity index (χ3v) is 5.19. The van der Waals surface area contributed by atoms with Crippen LogP contribution in [0.2, 0.25) is 5.02 Å². The molecular formula is C13H17ClN2OS. The molecule has 2 saturated heterocycles. The van der Waals surface area contributed by atoms with Gasteiger partial charge in [0.2, 0.25) is 0 Å². The predicted octanol–water partition coefficient (Wildman–Crippen LogP) is 3.20. The lowest BCUT2D eigenvalue weighted by Crippen LogP contribution is -2.44. The van der Waals surface area contributed by atoms with Crippen molar-refractivity contribution in [3.63, 3.8) is 0 Å². The summed E-state index contributed by atoms with van der Waals surface area (Å²) < 4.78 is 6.01. The number of halogens is 1. The van der Waals surface area contributed by atoms with Gasteiger partial charge in [-0.15, -0.1) is 0 Å². The Morgan fingerprint density at radius 1 is 1.56 bits per heavy atom. The maximum atomic E-state index is 6.13. The average molecular weight is 285 g/mol. The first-order valence-electron chi connectivity index (χ1n) is 6.36. The quantitative estimate of drug-likeness (QED) is 0.904. The van der Waals surface area contributed by atoms with E-state index < -0.39 is 0 Å². The Bertz CT molecular complexity index is 423. The Balaban J connectivity index is 1.68. The number of ether oxygens (including phenoxy) is 1. The highest BCUT2D eigenvalue weighted by Gasteiger charge is 2.40. The van der Waals surface area contributed by atoms with Crippen LogP contribution in [0.3, 0.4) is 0 Å². The number of pyridine rings is 1. The monoisotopic (exact) mass is 284 g/mol. The van der Waals surface area contributed by atoms with Crippen molar-refractivity contribution in [3.05, 3.63) is 23.4 Å². The maximum absolute atomic E-state index is 6.13. The molecule has 0 aliphatic carbocycles. The number of thioether (sulfide) groups is 1. The van der Waals surface area contributed by atoms with Crippen LogP contribution >= 0.6 is 23.4 Å². The minimum atomic E-state index is 0.0990. The van der Waals surface area contributed by atoms with Gasteiger partial charge in [-0.1, -0.05) is 11.6 Å². The summed E-state index contributed by atoms with van der Waals surface area (Å²) in [5, 5.41) is 4.16. The van der Waals surface area contributed by atoms with Crippen LogP contribution in [0, 0.1) is 0 Å². The molecule has 1 spiro atoms. The van der Waals surface area contributed by atoms with E-state index in [0.717, 1.165) is 31.0 Å². The molecule has 3 rings (SSSR count). The smallest absolute Gasteiger partial charge is 0.144 e. The molecule has 0 saturated carbocycles. The Kier molecular flexibility index (Phi) is 3.68. The molecule has 0 bridgehead atoms. The third kappa shape index (κ3) is 2.60. The maximum Gasteiger partial charge on any atom is 0.144 e. The number of nitrogens with one attached hydrogen (secondary N) is 1. The standard InChI is InChI=1S/C13H17ClN2OS/c14-11-2-1-5-15-12(11)16-10-3-6-17-13(8-10)4-7-18-9-13/h1-2,5,10H,3-4,6-9H2,(H,15,16). The zero-order valence-electron chi connectivity index (χ0n) is 10.2.